The van der Waals surface area contributed by atoms with Crippen LogP contribution in [0.2, 0.25) is 0 Å². The highest BCUT2D eigenvalue weighted by Gasteiger charge is 2.30. The number of nitrogens with zero attached hydrogens (tertiary/aromatic N) is 4. The molecule has 0 aliphatic heterocycles. The van der Waals surface area contributed by atoms with Crippen LogP contribution in [0.5, 0.6) is 0 Å². The molecular weight excluding hydrogens is 404 g/mol. The summed E-state index contributed by atoms with van der Waals surface area (Å²) in [5, 5.41) is 27.0. The van der Waals surface area contributed by atoms with Gasteiger partial charge in [-0.05, 0) is 37.5 Å². The first-order valence-corrected chi connectivity index (χ1v) is 9.68. The zero-order valence-electron chi connectivity index (χ0n) is 16.3. The Kier molecular flexibility index (Phi) is 5.39. The first-order valence-electron chi connectivity index (χ1n) is 9.68. The van der Waals surface area contributed by atoms with Crippen LogP contribution in [0.4, 0.5) is 17.2 Å². The van der Waals surface area contributed by atoms with Gasteiger partial charge in [-0.2, -0.15) is 5.10 Å². The van der Waals surface area contributed by atoms with E-state index in [0.29, 0.717) is 35.2 Å². The first-order chi connectivity index (χ1) is 14.9. The van der Waals surface area contributed by atoms with Gasteiger partial charge >= 0.3 is 0 Å². The summed E-state index contributed by atoms with van der Waals surface area (Å²) in [5.41, 5.74) is 3.83. The summed E-state index contributed by atoms with van der Waals surface area (Å²) in [6.45, 7) is 0. The van der Waals surface area contributed by atoms with Crippen LogP contribution in [-0.4, -0.2) is 25.5 Å². The van der Waals surface area contributed by atoms with E-state index >= 15 is 0 Å². The summed E-state index contributed by atoms with van der Waals surface area (Å²) in [7, 11) is 0. The van der Waals surface area contributed by atoms with Crippen molar-refractivity contribution in [2.75, 3.05) is 5.43 Å². The van der Waals surface area contributed by atoms with Crippen molar-refractivity contribution in [3.63, 3.8) is 0 Å². The zero-order valence-corrected chi connectivity index (χ0v) is 16.3. The lowest BCUT2D eigenvalue weighted by molar-refractivity contribution is -0.394. The van der Waals surface area contributed by atoms with Gasteiger partial charge in [0.1, 0.15) is 0 Å². The number of anilines is 1. The van der Waals surface area contributed by atoms with Gasteiger partial charge in [0.15, 0.2) is 0 Å². The highest BCUT2D eigenvalue weighted by atomic mass is 16.6. The fourth-order valence-corrected chi connectivity index (χ4v) is 3.79. The summed E-state index contributed by atoms with van der Waals surface area (Å²) in [4.78, 5) is 40.6. The number of nitro benzene ring substituents is 2. The Morgan fingerprint density at radius 1 is 1.10 bits per heavy atom. The third-order valence-corrected chi connectivity index (χ3v) is 5.28. The molecule has 11 nitrogen and oxygen atoms in total. The molecule has 31 heavy (non-hydrogen) atoms. The number of aromatic amines is 1. The van der Waals surface area contributed by atoms with Crippen molar-refractivity contribution < 1.29 is 9.85 Å². The van der Waals surface area contributed by atoms with E-state index < -0.39 is 15.4 Å². The van der Waals surface area contributed by atoms with Gasteiger partial charge in [-0.1, -0.05) is 18.6 Å². The second-order valence-corrected chi connectivity index (χ2v) is 7.20. The van der Waals surface area contributed by atoms with Crippen molar-refractivity contribution in [1.82, 2.24) is 9.97 Å². The number of nitro groups is 2. The van der Waals surface area contributed by atoms with Crippen LogP contribution in [0.15, 0.2) is 52.4 Å². The Bertz CT molecular complexity index is 1270. The molecule has 1 aliphatic carbocycles. The van der Waals surface area contributed by atoms with Gasteiger partial charge in [0.05, 0.1) is 26.9 Å². The maximum atomic E-state index is 12.3. The molecule has 11 heteroatoms. The molecule has 1 atom stereocenters. The molecule has 1 unspecified atom stereocenters. The van der Waals surface area contributed by atoms with Crippen LogP contribution in [-0.2, 0) is 0 Å². The fraction of sp³-hybridized carbons (Fsp3) is 0.250. The van der Waals surface area contributed by atoms with Crippen molar-refractivity contribution in [2.45, 2.75) is 31.6 Å². The Morgan fingerprint density at radius 3 is 2.68 bits per heavy atom. The van der Waals surface area contributed by atoms with E-state index in [1.165, 1.54) is 12.1 Å². The first kappa shape index (κ1) is 20.1. The smallest absolute Gasteiger partial charge is 0.293 e. The number of benzene rings is 2. The van der Waals surface area contributed by atoms with Gasteiger partial charge in [-0.25, -0.2) is 4.98 Å². The number of hydrazone groups is 1. The molecular formula is C20H18N6O5. The molecule has 1 aromatic heterocycles. The van der Waals surface area contributed by atoms with Gasteiger partial charge in [-0.15, -0.1) is 0 Å². The minimum atomic E-state index is -0.661. The standard InChI is InChI=1S/C20H18N6O5/c27-20-19(21-16-7-3-4-8-17(16)22-20)24-23-15-6-2-1-5-13(15)14-10-9-12(25(28)29)11-18(14)26(30)31/h3-4,7-11,13H,1-2,5-6H2,(H,21,24)(H,22,27). The Hall–Kier alpha value is -4.15. The molecule has 0 spiro atoms. The molecule has 2 aromatic carbocycles. The van der Waals surface area contributed by atoms with Gasteiger partial charge in [0.25, 0.3) is 16.9 Å². The molecule has 2 N–H and O–H groups in total. The molecule has 4 rings (SSSR count). The minimum Gasteiger partial charge on any atom is -0.317 e. The Labute approximate surface area is 175 Å². The maximum Gasteiger partial charge on any atom is 0.293 e. The average molecular weight is 422 g/mol. The van der Waals surface area contributed by atoms with Crippen LogP contribution < -0.4 is 11.0 Å². The number of nitrogens with one attached hydrogen (secondary N) is 2. The van der Waals surface area contributed by atoms with Gasteiger partial charge < -0.3 is 4.98 Å². The number of rotatable bonds is 5. The molecule has 3 aromatic rings. The summed E-state index contributed by atoms with van der Waals surface area (Å²) in [6.07, 6.45) is 2.88. The second-order valence-electron chi connectivity index (χ2n) is 7.20. The van der Waals surface area contributed by atoms with E-state index in [2.05, 4.69) is 20.5 Å². The third-order valence-electron chi connectivity index (χ3n) is 5.28. The van der Waals surface area contributed by atoms with Crippen LogP contribution in [0.25, 0.3) is 11.0 Å². The van der Waals surface area contributed by atoms with Crippen molar-refractivity contribution in [1.29, 1.82) is 0 Å². The molecule has 0 saturated heterocycles. The summed E-state index contributed by atoms with van der Waals surface area (Å²) in [5.74, 6) is -0.365. The van der Waals surface area contributed by atoms with Crippen molar-refractivity contribution >= 4 is 33.9 Å². The molecule has 0 amide bonds. The third kappa shape index (κ3) is 4.10. The molecule has 0 radical (unpaired) electrons. The number of para-hydroxylation sites is 2. The average Bonchev–Trinajstić information content (AvgIpc) is 2.77. The molecule has 1 heterocycles. The number of hydrogen-bond acceptors (Lipinski definition) is 8. The van der Waals surface area contributed by atoms with Crippen LogP contribution >= 0.6 is 0 Å². The Morgan fingerprint density at radius 2 is 1.90 bits per heavy atom. The predicted octanol–water partition coefficient (Wildman–Crippen LogP) is 3.87. The molecule has 0 bridgehead atoms. The monoisotopic (exact) mass is 422 g/mol. The summed E-state index contributed by atoms with van der Waals surface area (Å²) < 4.78 is 0. The highest BCUT2D eigenvalue weighted by molar-refractivity contribution is 5.93. The molecule has 158 valence electrons. The van der Waals surface area contributed by atoms with Crippen LogP contribution in [0.1, 0.15) is 37.2 Å². The van der Waals surface area contributed by atoms with Gasteiger partial charge in [-0.3, -0.25) is 30.4 Å². The number of hydrogen-bond donors (Lipinski definition) is 2. The zero-order chi connectivity index (χ0) is 22.0. The lowest BCUT2D eigenvalue weighted by Gasteiger charge is -2.24. The van der Waals surface area contributed by atoms with E-state index in [4.69, 9.17) is 0 Å². The lowest BCUT2D eigenvalue weighted by Crippen LogP contribution is -2.21. The highest BCUT2D eigenvalue weighted by Crippen LogP contribution is 2.37. The fourth-order valence-electron chi connectivity index (χ4n) is 3.79. The van der Waals surface area contributed by atoms with Crippen molar-refractivity contribution in [2.24, 2.45) is 5.10 Å². The molecule has 1 aliphatic rings. The largest absolute Gasteiger partial charge is 0.317 e. The van der Waals surface area contributed by atoms with E-state index in [1.807, 2.05) is 0 Å². The maximum absolute atomic E-state index is 12.3. The lowest BCUT2D eigenvalue weighted by atomic mass is 9.81. The van der Waals surface area contributed by atoms with Gasteiger partial charge in [0.2, 0.25) is 5.82 Å². The van der Waals surface area contributed by atoms with E-state index in [1.54, 1.807) is 24.3 Å². The van der Waals surface area contributed by atoms with Gasteiger partial charge in [0, 0.05) is 23.3 Å². The number of non-ortho nitro benzene ring substituents is 1. The van der Waals surface area contributed by atoms with E-state index in [9.17, 15) is 25.0 Å². The molecule has 1 fully saturated rings. The van der Waals surface area contributed by atoms with E-state index in [-0.39, 0.29) is 23.1 Å². The SMILES string of the molecule is O=c1[nH]c2ccccc2nc1NN=C1CCCCC1c1ccc([N+](=O)[O-])cc1[N+](=O)[O-]. The van der Waals surface area contributed by atoms with Crippen LogP contribution in [0, 0.1) is 20.2 Å². The number of fused-ring (bicyclic) bond motifs is 1. The second kappa shape index (κ2) is 8.30. The minimum absolute atomic E-state index is 0.0220. The van der Waals surface area contributed by atoms with Crippen LogP contribution in [0.3, 0.4) is 0 Å². The molecule has 1 saturated carbocycles. The summed E-state index contributed by atoms with van der Waals surface area (Å²) in [6, 6.07) is 10.7. The Balaban J connectivity index is 1.69. The van der Waals surface area contributed by atoms with Crippen molar-refractivity contribution in [3.05, 3.63) is 78.6 Å². The topological polar surface area (TPSA) is 156 Å². The number of aromatic nitrogens is 2. The predicted molar refractivity (Wildman–Crippen MR) is 114 cm³/mol. The van der Waals surface area contributed by atoms with Crippen molar-refractivity contribution in [3.8, 4) is 0 Å². The van der Waals surface area contributed by atoms with E-state index in [0.717, 1.165) is 18.9 Å². The summed E-state index contributed by atoms with van der Waals surface area (Å²) >= 11 is 0. The number of H-pyrrole nitrogens is 1. The normalized spacial score (nSPS) is 17.5. The quantitative estimate of drug-likeness (QED) is 0.467.